The van der Waals surface area contributed by atoms with E-state index in [4.69, 9.17) is 12.2 Å². The topological polar surface area (TPSA) is 62.7 Å². The molecule has 2 heterocycles. The molecule has 1 amide bonds. The highest BCUT2D eigenvalue weighted by molar-refractivity contribution is 7.98. The number of anilines is 1. The molecule has 0 saturated carbocycles. The number of rotatable bonds is 5. The van der Waals surface area contributed by atoms with E-state index < -0.39 is 6.04 Å². The minimum absolute atomic E-state index is 0.137. The minimum Gasteiger partial charge on any atom is -0.324 e. The van der Waals surface area contributed by atoms with Crippen molar-refractivity contribution in [2.75, 3.05) is 11.6 Å². The van der Waals surface area contributed by atoms with Gasteiger partial charge in [0, 0.05) is 10.6 Å². The standard InChI is InChI=1S/C16H16N4OS3/c1-10(15(21)17-11-5-7-12(23-2)8-6-11)20-14(18-19-16(20)22)13-4-3-9-24-13/h3-10H,1-2H3,(H,17,21)(H,19,22)/t10-/m0/s1. The molecule has 0 aliphatic carbocycles. The van der Waals surface area contributed by atoms with Gasteiger partial charge in [-0.25, -0.2) is 0 Å². The molecule has 1 aromatic carbocycles. The Morgan fingerprint density at radius 3 is 2.75 bits per heavy atom. The Hall–Kier alpha value is -1.90. The number of amides is 1. The molecule has 24 heavy (non-hydrogen) atoms. The quantitative estimate of drug-likeness (QED) is 0.505. The van der Waals surface area contributed by atoms with Crippen molar-refractivity contribution >= 4 is 46.9 Å². The molecule has 2 aromatic heterocycles. The van der Waals surface area contributed by atoms with Crippen LogP contribution in [-0.4, -0.2) is 26.9 Å². The van der Waals surface area contributed by atoms with Crippen LogP contribution in [0.1, 0.15) is 13.0 Å². The van der Waals surface area contributed by atoms with Gasteiger partial charge in [0.15, 0.2) is 10.6 Å². The summed E-state index contributed by atoms with van der Waals surface area (Å²) in [6, 6.07) is 11.2. The van der Waals surface area contributed by atoms with E-state index in [-0.39, 0.29) is 5.91 Å². The van der Waals surface area contributed by atoms with E-state index in [1.807, 2.05) is 55.0 Å². The van der Waals surface area contributed by atoms with Gasteiger partial charge in [0.1, 0.15) is 6.04 Å². The van der Waals surface area contributed by atoms with Crippen LogP contribution in [0, 0.1) is 4.77 Å². The Morgan fingerprint density at radius 1 is 1.38 bits per heavy atom. The molecule has 1 atom stereocenters. The Kier molecular flexibility index (Phi) is 5.17. The number of H-pyrrole nitrogens is 1. The maximum Gasteiger partial charge on any atom is 0.247 e. The van der Waals surface area contributed by atoms with Gasteiger partial charge in [0.05, 0.1) is 4.88 Å². The van der Waals surface area contributed by atoms with Crippen LogP contribution in [0.4, 0.5) is 5.69 Å². The first-order valence-electron chi connectivity index (χ1n) is 7.26. The molecule has 8 heteroatoms. The van der Waals surface area contributed by atoms with Gasteiger partial charge < -0.3 is 5.32 Å². The van der Waals surface area contributed by atoms with Gasteiger partial charge in [-0.05, 0) is 61.1 Å². The third kappa shape index (κ3) is 3.45. The maximum absolute atomic E-state index is 12.6. The largest absolute Gasteiger partial charge is 0.324 e. The number of hydrogen-bond donors (Lipinski definition) is 2. The van der Waals surface area contributed by atoms with Gasteiger partial charge in [0.2, 0.25) is 5.91 Å². The van der Waals surface area contributed by atoms with E-state index in [9.17, 15) is 4.79 Å². The lowest BCUT2D eigenvalue weighted by atomic mass is 10.2. The number of thiophene rings is 1. The summed E-state index contributed by atoms with van der Waals surface area (Å²) in [4.78, 5) is 14.7. The predicted octanol–water partition coefficient (Wildman–Crippen LogP) is 4.59. The third-order valence-corrected chi connectivity index (χ3v) is 5.47. The Bertz CT molecular complexity index is 881. The molecule has 0 aliphatic rings. The number of hydrogen-bond acceptors (Lipinski definition) is 5. The highest BCUT2D eigenvalue weighted by Gasteiger charge is 2.21. The van der Waals surface area contributed by atoms with Crippen molar-refractivity contribution in [3.8, 4) is 10.7 Å². The summed E-state index contributed by atoms with van der Waals surface area (Å²) in [5.74, 6) is 0.539. The summed E-state index contributed by atoms with van der Waals surface area (Å²) < 4.78 is 2.17. The molecule has 0 aliphatic heterocycles. The summed E-state index contributed by atoms with van der Waals surface area (Å²) in [5.41, 5.74) is 0.761. The van der Waals surface area contributed by atoms with Crippen molar-refractivity contribution in [3.05, 3.63) is 46.5 Å². The molecular weight excluding hydrogens is 360 g/mol. The number of benzene rings is 1. The van der Waals surface area contributed by atoms with E-state index in [0.717, 1.165) is 15.5 Å². The monoisotopic (exact) mass is 376 g/mol. The second kappa shape index (κ2) is 7.33. The Labute approximate surface area is 153 Å². The zero-order valence-electron chi connectivity index (χ0n) is 13.1. The molecule has 3 aromatic rings. The first kappa shape index (κ1) is 16.9. The van der Waals surface area contributed by atoms with Crippen LogP contribution >= 0.6 is 35.3 Å². The molecule has 0 fully saturated rings. The third-order valence-electron chi connectivity index (χ3n) is 3.57. The first-order chi connectivity index (χ1) is 11.6. The van der Waals surface area contributed by atoms with Crippen LogP contribution in [0.2, 0.25) is 0 Å². The average Bonchev–Trinajstić information content (AvgIpc) is 3.24. The van der Waals surface area contributed by atoms with Gasteiger partial charge in [-0.2, -0.15) is 5.10 Å². The SMILES string of the molecule is CSc1ccc(NC(=O)[C@H](C)n2c(-c3cccs3)n[nH]c2=S)cc1. The number of thioether (sulfide) groups is 1. The molecule has 3 rings (SSSR count). The summed E-state index contributed by atoms with van der Waals surface area (Å²) in [7, 11) is 0. The summed E-state index contributed by atoms with van der Waals surface area (Å²) in [6.07, 6.45) is 2.02. The fourth-order valence-corrected chi connectivity index (χ4v) is 3.69. The molecule has 0 bridgehead atoms. The van der Waals surface area contributed by atoms with Crippen LogP contribution in [0.5, 0.6) is 0 Å². The molecule has 2 N–H and O–H groups in total. The van der Waals surface area contributed by atoms with Gasteiger partial charge >= 0.3 is 0 Å². The van der Waals surface area contributed by atoms with E-state index in [0.29, 0.717) is 10.6 Å². The predicted molar refractivity (Wildman–Crippen MR) is 102 cm³/mol. The zero-order chi connectivity index (χ0) is 17.1. The maximum atomic E-state index is 12.6. The summed E-state index contributed by atoms with van der Waals surface area (Å²) in [6.45, 7) is 1.81. The van der Waals surface area contributed by atoms with Crippen LogP contribution in [0.25, 0.3) is 10.7 Å². The second-order valence-electron chi connectivity index (χ2n) is 5.09. The Balaban J connectivity index is 1.83. The van der Waals surface area contributed by atoms with Crippen molar-refractivity contribution < 1.29 is 4.79 Å². The fourth-order valence-electron chi connectivity index (χ4n) is 2.28. The molecule has 0 spiro atoms. The van der Waals surface area contributed by atoms with Crippen LogP contribution < -0.4 is 5.32 Å². The number of nitrogens with zero attached hydrogens (tertiary/aromatic N) is 2. The van der Waals surface area contributed by atoms with Crippen molar-refractivity contribution in [2.45, 2.75) is 17.9 Å². The molecule has 0 saturated heterocycles. The second-order valence-corrected chi connectivity index (χ2v) is 7.31. The first-order valence-corrected chi connectivity index (χ1v) is 9.77. The van der Waals surface area contributed by atoms with Gasteiger partial charge in [0.25, 0.3) is 0 Å². The van der Waals surface area contributed by atoms with E-state index in [2.05, 4.69) is 15.5 Å². The highest BCUT2D eigenvalue weighted by atomic mass is 32.2. The summed E-state index contributed by atoms with van der Waals surface area (Å²) >= 11 is 8.52. The summed E-state index contributed by atoms with van der Waals surface area (Å²) in [5, 5.41) is 11.9. The smallest absolute Gasteiger partial charge is 0.247 e. The molecule has 0 radical (unpaired) electrons. The van der Waals surface area contributed by atoms with Gasteiger partial charge in [-0.1, -0.05) is 6.07 Å². The number of nitrogens with one attached hydrogen (secondary N) is 2. The van der Waals surface area contributed by atoms with Gasteiger partial charge in [-0.15, -0.1) is 23.1 Å². The number of aromatic amines is 1. The van der Waals surface area contributed by atoms with Gasteiger partial charge in [-0.3, -0.25) is 14.5 Å². The van der Waals surface area contributed by atoms with Crippen molar-refractivity contribution in [1.29, 1.82) is 0 Å². The Morgan fingerprint density at radius 2 is 2.12 bits per heavy atom. The normalized spacial score (nSPS) is 12.1. The van der Waals surface area contributed by atoms with Crippen molar-refractivity contribution in [2.24, 2.45) is 0 Å². The van der Waals surface area contributed by atoms with E-state index in [1.54, 1.807) is 27.7 Å². The van der Waals surface area contributed by atoms with E-state index >= 15 is 0 Å². The van der Waals surface area contributed by atoms with E-state index in [1.165, 1.54) is 0 Å². The molecule has 0 unspecified atom stereocenters. The molecule has 5 nitrogen and oxygen atoms in total. The average molecular weight is 377 g/mol. The lowest BCUT2D eigenvalue weighted by Crippen LogP contribution is -2.24. The number of carbonyl (C=O) groups is 1. The minimum atomic E-state index is -0.478. The molecule has 124 valence electrons. The van der Waals surface area contributed by atoms with Crippen LogP contribution in [-0.2, 0) is 4.79 Å². The van der Waals surface area contributed by atoms with Crippen molar-refractivity contribution in [1.82, 2.24) is 14.8 Å². The van der Waals surface area contributed by atoms with Crippen molar-refractivity contribution in [3.63, 3.8) is 0 Å². The lowest BCUT2D eigenvalue weighted by molar-refractivity contribution is -0.118. The highest BCUT2D eigenvalue weighted by Crippen LogP contribution is 2.26. The lowest BCUT2D eigenvalue weighted by Gasteiger charge is -2.15. The number of aromatic nitrogens is 3. The fraction of sp³-hybridized carbons (Fsp3) is 0.188. The number of carbonyl (C=O) groups excluding carboxylic acids is 1. The van der Waals surface area contributed by atoms with Crippen LogP contribution in [0.3, 0.4) is 0 Å². The van der Waals surface area contributed by atoms with Crippen LogP contribution in [0.15, 0.2) is 46.7 Å². The zero-order valence-corrected chi connectivity index (χ0v) is 15.6. The molecular formula is C16H16N4OS3.